The standard InChI is InChI=1S/C8H11N3O3/c1-3-13-8(12)14-6-4-10-7(9-2)11-5-6/h4-5H,3H2,1-2H3,(H,9,10,11). The highest BCUT2D eigenvalue weighted by Gasteiger charge is 2.05. The van der Waals surface area contributed by atoms with E-state index in [0.717, 1.165) is 0 Å². The van der Waals surface area contributed by atoms with Crippen LogP contribution < -0.4 is 10.1 Å². The summed E-state index contributed by atoms with van der Waals surface area (Å²) in [5, 5.41) is 2.74. The van der Waals surface area contributed by atoms with E-state index in [1.807, 2.05) is 0 Å². The number of nitrogens with one attached hydrogen (secondary N) is 1. The summed E-state index contributed by atoms with van der Waals surface area (Å²) in [6.07, 6.45) is 2.01. The van der Waals surface area contributed by atoms with Crippen molar-refractivity contribution in [3.05, 3.63) is 12.4 Å². The van der Waals surface area contributed by atoms with Crippen molar-refractivity contribution >= 4 is 12.1 Å². The molecule has 0 spiro atoms. The molecule has 6 heteroatoms. The van der Waals surface area contributed by atoms with Crippen LogP contribution in [0.1, 0.15) is 6.92 Å². The highest BCUT2D eigenvalue weighted by atomic mass is 16.7. The Hall–Kier alpha value is -1.85. The van der Waals surface area contributed by atoms with E-state index >= 15 is 0 Å². The first-order chi connectivity index (χ1) is 6.76. The Balaban J connectivity index is 2.55. The molecule has 1 N–H and O–H groups in total. The topological polar surface area (TPSA) is 73.3 Å². The van der Waals surface area contributed by atoms with Gasteiger partial charge in [-0.3, -0.25) is 0 Å². The summed E-state index contributed by atoms with van der Waals surface area (Å²) in [6.45, 7) is 1.97. The van der Waals surface area contributed by atoms with Crippen LogP contribution in [0.2, 0.25) is 0 Å². The second kappa shape index (κ2) is 5.00. The first kappa shape index (κ1) is 10.2. The molecule has 0 aliphatic carbocycles. The van der Waals surface area contributed by atoms with Crippen LogP contribution in [0.5, 0.6) is 5.75 Å². The van der Waals surface area contributed by atoms with Gasteiger partial charge in [0.1, 0.15) is 0 Å². The van der Waals surface area contributed by atoms with Gasteiger partial charge < -0.3 is 14.8 Å². The number of aromatic nitrogens is 2. The lowest BCUT2D eigenvalue weighted by molar-refractivity contribution is 0.104. The highest BCUT2D eigenvalue weighted by Crippen LogP contribution is 2.08. The minimum absolute atomic E-state index is 0.252. The third-order valence-electron chi connectivity index (χ3n) is 1.32. The zero-order valence-corrected chi connectivity index (χ0v) is 7.98. The molecule has 0 amide bonds. The predicted molar refractivity (Wildman–Crippen MR) is 49.2 cm³/mol. The predicted octanol–water partition coefficient (Wildman–Crippen LogP) is 1.05. The Kier molecular flexibility index (Phi) is 3.66. The number of hydrogen-bond acceptors (Lipinski definition) is 6. The first-order valence-corrected chi connectivity index (χ1v) is 4.10. The van der Waals surface area contributed by atoms with E-state index in [0.29, 0.717) is 5.95 Å². The van der Waals surface area contributed by atoms with Crippen LogP contribution in [0, 0.1) is 0 Å². The SMILES string of the molecule is CCOC(=O)Oc1cnc(NC)nc1. The van der Waals surface area contributed by atoms with Crippen LogP contribution in [0.15, 0.2) is 12.4 Å². The third kappa shape index (κ3) is 2.89. The maximum absolute atomic E-state index is 10.9. The molecular formula is C8H11N3O3. The van der Waals surface area contributed by atoms with Gasteiger partial charge in [0.25, 0.3) is 0 Å². The van der Waals surface area contributed by atoms with Crippen molar-refractivity contribution in [3.8, 4) is 5.75 Å². The molecular weight excluding hydrogens is 186 g/mol. The van der Waals surface area contributed by atoms with E-state index in [1.54, 1.807) is 14.0 Å². The van der Waals surface area contributed by atoms with Crippen molar-refractivity contribution < 1.29 is 14.3 Å². The van der Waals surface area contributed by atoms with Crippen molar-refractivity contribution in [2.24, 2.45) is 0 Å². The molecule has 76 valence electrons. The average molecular weight is 197 g/mol. The summed E-state index contributed by atoms with van der Waals surface area (Å²) < 4.78 is 9.31. The number of rotatable bonds is 3. The summed E-state index contributed by atoms with van der Waals surface area (Å²) in [5.41, 5.74) is 0. The van der Waals surface area contributed by atoms with E-state index in [4.69, 9.17) is 4.74 Å². The molecule has 1 heterocycles. The molecule has 0 aliphatic rings. The number of anilines is 1. The molecule has 0 saturated carbocycles. The van der Waals surface area contributed by atoms with Gasteiger partial charge in [0, 0.05) is 7.05 Å². The lowest BCUT2D eigenvalue weighted by atomic mass is 10.6. The van der Waals surface area contributed by atoms with Crippen LogP contribution in [0.3, 0.4) is 0 Å². The van der Waals surface area contributed by atoms with Crippen molar-refractivity contribution in [3.63, 3.8) is 0 Å². The van der Waals surface area contributed by atoms with Gasteiger partial charge in [0.2, 0.25) is 5.95 Å². The molecule has 0 aliphatic heterocycles. The number of ether oxygens (including phenoxy) is 2. The van der Waals surface area contributed by atoms with E-state index in [1.165, 1.54) is 12.4 Å². The van der Waals surface area contributed by atoms with Gasteiger partial charge in [-0.05, 0) is 6.92 Å². The molecule has 0 radical (unpaired) electrons. The summed E-state index contributed by atoms with van der Waals surface area (Å²) >= 11 is 0. The lowest BCUT2D eigenvalue weighted by Crippen LogP contribution is -2.10. The largest absolute Gasteiger partial charge is 0.513 e. The smallest absolute Gasteiger partial charge is 0.434 e. The average Bonchev–Trinajstić information content (AvgIpc) is 2.19. The quantitative estimate of drug-likeness (QED) is 0.730. The minimum atomic E-state index is -0.756. The van der Waals surface area contributed by atoms with Crippen molar-refractivity contribution in [2.45, 2.75) is 6.92 Å². The molecule has 0 unspecified atom stereocenters. The van der Waals surface area contributed by atoms with Gasteiger partial charge in [0.05, 0.1) is 19.0 Å². The van der Waals surface area contributed by atoms with Gasteiger partial charge in [-0.1, -0.05) is 0 Å². The Labute approximate surface area is 81.3 Å². The molecule has 6 nitrogen and oxygen atoms in total. The molecule has 0 saturated heterocycles. The number of hydrogen-bond donors (Lipinski definition) is 1. The fourth-order valence-electron chi connectivity index (χ4n) is 0.742. The molecule has 1 aromatic rings. The normalized spacial score (nSPS) is 9.29. The summed E-state index contributed by atoms with van der Waals surface area (Å²) in [7, 11) is 1.70. The molecule has 0 atom stereocenters. The van der Waals surface area contributed by atoms with Crippen molar-refractivity contribution in [2.75, 3.05) is 19.0 Å². The molecule has 0 aromatic carbocycles. The van der Waals surface area contributed by atoms with Crippen LogP contribution in [0.25, 0.3) is 0 Å². The maximum Gasteiger partial charge on any atom is 0.513 e. The second-order valence-corrected chi connectivity index (χ2v) is 2.28. The minimum Gasteiger partial charge on any atom is -0.434 e. The van der Waals surface area contributed by atoms with Gasteiger partial charge in [-0.25, -0.2) is 14.8 Å². The van der Waals surface area contributed by atoms with E-state index in [9.17, 15) is 4.79 Å². The van der Waals surface area contributed by atoms with Crippen LogP contribution in [-0.4, -0.2) is 29.8 Å². The maximum atomic E-state index is 10.9. The Morgan fingerprint density at radius 2 is 2.14 bits per heavy atom. The van der Waals surface area contributed by atoms with Gasteiger partial charge in [-0.15, -0.1) is 0 Å². The highest BCUT2D eigenvalue weighted by molar-refractivity contribution is 5.63. The zero-order valence-electron chi connectivity index (χ0n) is 7.98. The Morgan fingerprint density at radius 1 is 1.50 bits per heavy atom. The first-order valence-electron chi connectivity index (χ1n) is 4.10. The molecule has 0 fully saturated rings. The monoisotopic (exact) mass is 197 g/mol. The Morgan fingerprint density at radius 3 is 2.64 bits per heavy atom. The number of carbonyl (C=O) groups excluding carboxylic acids is 1. The van der Waals surface area contributed by atoms with Crippen molar-refractivity contribution in [1.29, 1.82) is 0 Å². The molecule has 1 rings (SSSR count). The fraction of sp³-hybridized carbons (Fsp3) is 0.375. The van der Waals surface area contributed by atoms with Crippen LogP contribution >= 0.6 is 0 Å². The number of carbonyl (C=O) groups is 1. The fourth-order valence-corrected chi connectivity index (χ4v) is 0.742. The van der Waals surface area contributed by atoms with Gasteiger partial charge >= 0.3 is 6.16 Å². The zero-order chi connectivity index (χ0) is 10.4. The summed E-state index contributed by atoms with van der Waals surface area (Å²) in [4.78, 5) is 18.6. The molecule has 1 aromatic heterocycles. The van der Waals surface area contributed by atoms with Gasteiger partial charge in [0.15, 0.2) is 5.75 Å². The van der Waals surface area contributed by atoms with Crippen LogP contribution in [0.4, 0.5) is 10.7 Å². The van der Waals surface area contributed by atoms with Crippen molar-refractivity contribution in [1.82, 2.24) is 9.97 Å². The van der Waals surface area contributed by atoms with Gasteiger partial charge in [-0.2, -0.15) is 0 Å². The summed E-state index contributed by atoms with van der Waals surface area (Å²) in [6, 6.07) is 0. The van der Waals surface area contributed by atoms with Crippen LogP contribution in [-0.2, 0) is 4.74 Å². The third-order valence-corrected chi connectivity index (χ3v) is 1.32. The van der Waals surface area contributed by atoms with E-state index in [-0.39, 0.29) is 12.4 Å². The number of nitrogens with zero attached hydrogens (tertiary/aromatic N) is 2. The summed E-state index contributed by atoms with van der Waals surface area (Å²) in [5.74, 6) is 0.712. The second-order valence-electron chi connectivity index (χ2n) is 2.28. The van der Waals surface area contributed by atoms with E-state index < -0.39 is 6.16 Å². The molecule has 14 heavy (non-hydrogen) atoms. The van der Waals surface area contributed by atoms with E-state index in [2.05, 4.69) is 20.0 Å². The Bertz CT molecular complexity index is 299. The lowest BCUT2D eigenvalue weighted by Gasteiger charge is -2.03. The molecule has 0 bridgehead atoms.